The van der Waals surface area contributed by atoms with E-state index in [2.05, 4.69) is 11.8 Å². The lowest BCUT2D eigenvalue weighted by Crippen LogP contribution is -2.46. The molecule has 5 atom stereocenters. The van der Waals surface area contributed by atoms with Gasteiger partial charge in [-0.25, -0.2) is 0 Å². The quantitative estimate of drug-likeness (QED) is 0.820. The molecule has 2 aliphatic carbocycles. The third kappa shape index (κ3) is 2.18. The van der Waals surface area contributed by atoms with Crippen molar-refractivity contribution in [3.05, 3.63) is 0 Å². The first-order chi connectivity index (χ1) is 8.65. The Morgan fingerprint density at radius 1 is 1.11 bits per heavy atom. The van der Waals surface area contributed by atoms with Crippen LogP contribution >= 0.6 is 0 Å². The van der Waals surface area contributed by atoms with E-state index >= 15 is 0 Å². The summed E-state index contributed by atoms with van der Waals surface area (Å²) in [6, 6.07) is 0.317. The van der Waals surface area contributed by atoms with Crippen molar-refractivity contribution in [2.75, 3.05) is 13.1 Å². The van der Waals surface area contributed by atoms with Gasteiger partial charge in [-0.1, -0.05) is 13.3 Å². The highest BCUT2D eigenvalue weighted by atomic mass is 16.4. The molecule has 102 valence electrons. The molecule has 3 aliphatic rings. The lowest BCUT2D eigenvalue weighted by molar-refractivity contribution is -0.146. The van der Waals surface area contributed by atoms with Gasteiger partial charge in [0.05, 0.1) is 5.92 Å². The zero-order valence-electron chi connectivity index (χ0n) is 11.3. The second-order valence-electron chi connectivity index (χ2n) is 6.84. The van der Waals surface area contributed by atoms with Crippen LogP contribution in [0.1, 0.15) is 45.4 Å². The summed E-state index contributed by atoms with van der Waals surface area (Å²) in [5.41, 5.74) is 0. The van der Waals surface area contributed by atoms with Crippen molar-refractivity contribution in [1.82, 2.24) is 4.90 Å². The first-order valence-electron chi connectivity index (χ1n) is 7.62. The Bertz CT molecular complexity index is 318. The molecule has 18 heavy (non-hydrogen) atoms. The summed E-state index contributed by atoms with van der Waals surface area (Å²) in [6.07, 6.45) is 7.21. The monoisotopic (exact) mass is 251 g/mol. The van der Waals surface area contributed by atoms with Gasteiger partial charge in [0, 0.05) is 19.1 Å². The fourth-order valence-corrected chi connectivity index (χ4v) is 4.58. The molecule has 3 rings (SSSR count). The van der Waals surface area contributed by atoms with E-state index in [-0.39, 0.29) is 5.92 Å². The largest absolute Gasteiger partial charge is 0.481 e. The zero-order valence-corrected chi connectivity index (χ0v) is 11.3. The molecule has 1 N–H and O–H groups in total. The number of carbonyl (C=O) groups is 1. The molecule has 0 aromatic carbocycles. The Morgan fingerprint density at radius 2 is 1.78 bits per heavy atom. The van der Waals surface area contributed by atoms with Crippen molar-refractivity contribution in [2.24, 2.45) is 23.7 Å². The highest BCUT2D eigenvalue weighted by molar-refractivity contribution is 5.71. The van der Waals surface area contributed by atoms with Gasteiger partial charge in [-0.15, -0.1) is 0 Å². The maximum Gasteiger partial charge on any atom is 0.308 e. The number of hydrogen-bond acceptors (Lipinski definition) is 2. The lowest BCUT2D eigenvalue weighted by atomic mass is 9.78. The minimum Gasteiger partial charge on any atom is -0.481 e. The predicted molar refractivity (Wildman–Crippen MR) is 70.3 cm³/mol. The number of nitrogens with zero attached hydrogens (tertiary/aromatic N) is 1. The van der Waals surface area contributed by atoms with Crippen LogP contribution in [0.25, 0.3) is 0 Å². The van der Waals surface area contributed by atoms with E-state index in [4.69, 9.17) is 0 Å². The van der Waals surface area contributed by atoms with Crippen LogP contribution in [0, 0.1) is 23.7 Å². The van der Waals surface area contributed by atoms with Crippen LogP contribution in [0.2, 0.25) is 0 Å². The van der Waals surface area contributed by atoms with Crippen molar-refractivity contribution in [3.63, 3.8) is 0 Å². The van der Waals surface area contributed by atoms with Crippen LogP contribution in [0.3, 0.4) is 0 Å². The van der Waals surface area contributed by atoms with Gasteiger partial charge in [0.2, 0.25) is 0 Å². The standard InChI is InChI=1S/C15H25NO2/c1-10-5-6-13(15(17)18)14(7-10)16-8-11-3-2-4-12(11)9-16/h10-14H,2-9H2,1H3,(H,17,18). The molecule has 0 aromatic heterocycles. The van der Waals surface area contributed by atoms with Crippen molar-refractivity contribution in [2.45, 2.75) is 51.5 Å². The average Bonchev–Trinajstić information content (AvgIpc) is 2.88. The number of hydrogen-bond donors (Lipinski definition) is 1. The number of carboxylic acids is 1. The van der Waals surface area contributed by atoms with Crippen LogP contribution in [0.5, 0.6) is 0 Å². The van der Waals surface area contributed by atoms with Crippen molar-refractivity contribution in [1.29, 1.82) is 0 Å². The van der Waals surface area contributed by atoms with E-state index in [0.717, 1.165) is 31.1 Å². The number of rotatable bonds is 2. The second-order valence-corrected chi connectivity index (χ2v) is 6.84. The van der Waals surface area contributed by atoms with Crippen molar-refractivity contribution < 1.29 is 9.90 Å². The molecule has 2 saturated carbocycles. The van der Waals surface area contributed by atoms with Gasteiger partial charge < -0.3 is 5.11 Å². The molecule has 1 saturated heterocycles. The molecule has 0 amide bonds. The van der Waals surface area contributed by atoms with Gasteiger partial charge in [0.25, 0.3) is 0 Å². The van der Waals surface area contributed by atoms with Gasteiger partial charge in [0.1, 0.15) is 0 Å². The summed E-state index contributed by atoms with van der Waals surface area (Å²) in [5, 5.41) is 9.43. The highest BCUT2D eigenvalue weighted by Gasteiger charge is 2.43. The minimum absolute atomic E-state index is 0.111. The zero-order chi connectivity index (χ0) is 12.7. The third-order valence-electron chi connectivity index (χ3n) is 5.62. The SMILES string of the molecule is CC1CCC(C(=O)O)C(N2CC3CCCC3C2)C1. The van der Waals surface area contributed by atoms with E-state index in [1.165, 1.54) is 32.4 Å². The molecule has 0 spiro atoms. The van der Waals surface area contributed by atoms with E-state index < -0.39 is 5.97 Å². The predicted octanol–water partition coefficient (Wildman–Crippen LogP) is 2.61. The Kier molecular flexibility index (Phi) is 3.35. The maximum atomic E-state index is 11.4. The van der Waals surface area contributed by atoms with Crippen LogP contribution in [0.15, 0.2) is 0 Å². The highest BCUT2D eigenvalue weighted by Crippen LogP contribution is 2.42. The van der Waals surface area contributed by atoms with Gasteiger partial charge in [0.15, 0.2) is 0 Å². The molecule has 0 aromatic rings. The fourth-order valence-electron chi connectivity index (χ4n) is 4.58. The molecule has 0 bridgehead atoms. The molecule has 1 aliphatic heterocycles. The van der Waals surface area contributed by atoms with Gasteiger partial charge in [-0.3, -0.25) is 9.69 Å². The van der Waals surface area contributed by atoms with Gasteiger partial charge >= 0.3 is 5.97 Å². The smallest absolute Gasteiger partial charge is 0.308 e. The number of carboxylic acid groups (broad SMARTS) is 1. The topological polar surface area (TPSA) is 40.5 Å². The summed E-state index contributed by atoms with van der Waals surface area (Å²) in [6.45, 7) is 4.62. The van der Waals surface area contributed by atoms with Crippen LogP contribution in [0.4, 0.5) is 0 Å². The van der Waals surface area contributed by atoms with E-state index in [0.29, 0.717) is 12.0 Å². The second kappa shape index (κ2) is 4.84. The molecule has 1 heterocycles. The summed E-state index contributed by atoms with van der Waals surface area (Å²) in [7, 11) is 0. The minimum atomic E-state index is -0.566. The first-order valence-corrected chi connectivity index (χ1v) is 7.62. The van der Waals surface area contributed by atoms with Crippen LogP contribution in [-0.2, 0) is 4.79 Å². The molecule has 5 unspecified atom stereocenters. The van der Waals surface area contributed by atoms with E-state index in [1.807, 2.05) is 0 Å². The van der Waals surface area contributed by atoms with E-state index in [9.17, 15) is 9.90 Å². The van der Waals surface area contributed by atoms with Crippen LogP contribution in [-0.4, -0.2) is 35.1 Å². The average molecular weight is 251 g/mol. The van der Waals surface area contributed by atoms with Crippen LogP contribution < -0.4 is 0 Å². The number of likely N-dealkylation sites (tertiary alicyclic amines) is 1. The van der Waals surface area contributed by atoms with E-state index in [1.54, 1.807) is 0 Å². The molecular formula is C15H25NO2. The molecule has 3 nitrogen and oxygen atoms in total. The fraction of sp³-hybridized carbons (Fsp3) is 0.933. The first kappa shape index (κ1) is 12.5. The van der Waals surface area contributed by atoms with Crippen molar-refractivity contribution in [3.8, 4) is 0 Å². The maximum absolute atomic E-state index is 11.4. The summed E-state index contributed by atoms with van der Waals surface area (Å²) in [5.74, 6) is 1.77. The molecule has 3 fully saturated rings. The van der Waals surface area contributed by atoms with Crippen molar-refractivity contribution >= 4 is 5.97 Å². The third-order valence-corrected chi connectivity index (χ3v) is 5.62. The van der Waals surface area contributed by atoms with Gasteiger partial charge in [-0.05, 0) is 49.9 Å². The Labute approximate surface area is 110 Å². The Balaban J connectivity index is 1.70. The molecule has 0 radical (unpaired) electrons. The molecule has 3 heteroatoms. The summed E-state index contributed by atoms with van der Waals surface area (Å²) in [4.78, 5) is 14.0. The summed E-state index contributed by atoms with van der Waals surface area (Å²) < 4.78 is 0. The Hall–Kier alpha value is -0.570. The summed E-state index contributed by atoms with van der Waals surface area (Å²) >= 11 is 0. The molecular weight excluding hydrogens is 226 g/mol. The Morgan fingerprint density at radius 3 is 2.39 bits per heavy atom. The van der Waals surface area contributed by atoms with Gasteiger partial charge in [-0.2, -0.15) is 0 Å². The number of fused-ring (bicyclic) bond motifs is 1. The normalized spacial score (nSPS) is 45.1. The number of aliphatic carboxylic acids is 1. The lowest BCUT2D eigenvalue weighted by Gasteiger charge is -2.38.